The molecule has 0 fully saturated rings. The molecule has 0 saturated heterocycles. The van der Waals surface area contributed by atoms with Crippen molar-refractivity contribution in [1.82, 2.24) is 9.97 Å². The molecule has 0 saturated carbocycles. The number of nitro groups is 1. The molecule has 1 N–H and O–H groups in total. The maximum absolute atomic E-state index is 12.4. The SMILES string of the molecule is Cc1oc2nc[nH]c(=O)c2c1C(=O)/C=C/c1ccc([N+](=O)[O-])cc1. The van der Waals surface area contributed by atoms with Crippen LogP contribution < -0.4 is 5.56 Å². The van der Waals surface area contributed by atoms with Crippen LogP contribution in [0.25, 0.3) is 17.2 Å². The molecule has 2 heterocycles. The number of carbonyl (C=O) groups is 1. The van der Waals surface area contributed by atoms with E-state index in [9.17, 15) is 19.7 Å². The summed E-state index contributed by atoms with van der Waals surface area (Å²) in [6.45, 7) is 1.58. The Balaban J connectivity index is 1.94. The lowest BCUT2D eigenvalue weighted by Crippen LogP contribution is -2.09. The lowest BCUT2D eigenvalue weighted by atomic mass is 10.1. The Labute approximate surface area is 134 Å². The van der Waals surface area contributed by atoms with Crippen LogP contribution in [0, 0.1) is 17.0 Å². The molecule has 8 nitrogen and oxygen atoms in total. The fourth-order valence-corrected chi connectivity index (χ4v) is 2.31. The van der Waals surface area contributed by atoms with Gasteiger partial charge < -0.3 is 9.40 Å². The second-order valence-electron chi connectivity index (χ2n) is 4.99. The van der Waals surface area contributed by atoms with Crippen LogP contribution in [0.4, 0.5) is 5.69 Å². The minimum Gasteiger partial charge on any atom is -0.442 e. The zero-order valence-electron chi connectivity index (χ0n) is 12.5. The van der Waals surface area contributed by atoms with E-state index in [0.717, 1.165) is 0 Å². The van der Waals surface area contributed by atoms with Gasteiger partial charge in [-0.15, -0.1) is 0 Å². The first-order chi connectivity index (χ1) is 11.5. The topological polar surface area (TPSA) is 119 Å². The fraction of sp³-hybridized carbons (Fsp3) is 0.0625. The predicted molar refractivity (Wildman–Crippen MR) is 85.8 cm³/mol. The van der Waals surface area contributed by atoms with Crippen LogP contribution in [-0.4, -0.2) is 20.7 Å². The number of nitrogens with zero attached hydrogens (tertiary/aromatic N) is 2. The molecule has 1 aromatic carbocycles. The molecular formula is C16H11N3O5. The van der Waals surface area contributed by atoms with Gasteiger partial charge in [0.2, 0.25) is 5.71 Å². The maximum Gasteiger partial charge on any atom is 0.269 e. The average molecular weight is 325 g/mol. The van der Waals surface area contributed by atoms with E-state index in [0.29, 0.717) is 11.3 Å². The molecule has 0 aliphatic rings. The largest absolute Gasteiger partial charge is 0.442 e. The average Bonchev–Trinajstić information content (AvgIpc) is 2.90. The van der Waals surface area contributed by atoms with Gasteiger partial charge in [0.05, 0.1) is 16.8 Å². The van der Waals surface area contributed by atoms with Gasteiger partial charge in [0.1, 0.15) is 11.1 Å². The van der Waals surface area contributed by atoms with E-state index in [1.807, 2.05) is 0 Å². The van der Waals surface area contributed by atoms with Crippen LogP contribution in [-0.2, 0) is 0 Å². The second kappa shape index (κ2) is 5.92. The number of rotatable bonds is 4. The molecule has 3 aromatic rings. The first-order valence-electron chi connectivity index (χ1n) is 6.91. The Bertz CT molecular complexity index is 1030. The van der Waals surface area contributed by atoms with Crippen molar-refractivity contribution in [3.8, 4) is 0 Å². The van der Waals surface area contributed by atoms with Crippen LogP contribution >= 0.6 is 0 Å². The third-order valence-electron chi connectivity index (χ3n) is 3.45. The Hall–Kier alpha value is -3.55. The number of ketones is 1. The molecule has 3 rings (SSSR count). The summed E-state index contributed by atoms with van der Waals surface area (Å²) in [4.78, 5) is 40.7. The molecule has 0 aliphatic carbocycles. The molecule has 8 heteroatoms. The van der Waals surface area contributed by atoms with Crippen molar-refractivity contribution in [2.45, 2.75) is 6.92 Å². The lowest BCUT2D eigenvalue weighted by Gasteiger charge is -1.95. The summed E-state index contributed by atoms with van der Waals surface area (Å²) in [6.07, 6.45) is 3.99. The summed E-state index contributed by atoms with van der Waals surface area (Å²) in [5.41, 5.74) is 0.379. The van der Waals surface area contributed by atoms with E-state index >= 15 is 0 Å². The number of aromatic nitrogens is 2. The van der Waals surface area contributed by atoms with E-state index < -0.39 is 16.3 Å². The van der Waals surface area contributed by atoms with Gasteiger partial charge in [-0.05, 0) is 30.7 Å². The lowest BCUT2D eigenvalue weighted by molar-refractivity contribution is -0.384. The summed E-state index contributed by atoms with van der Waals surface area (Å²) in [6, 6.07) is 5.74. The van der Waals surface area contributed by atoms with E-state index in [1.165, 1.54) is 42.7 Å². The van der Waals surface area contributed by atoms with Crippen molar-refractivity contribution < 1.29 is 14.1 Å². The predicted octanol–water partition coefficient (Wildman–Crippen LogP) is 2.63. The number of nitro benzene ring substituents is 1. The first-order valence-corrected chi connectivity index (χ1v) is 6.91. The van der Waals surface area contributed by atoms with Crippen LogP contribution in [0.2, 0.25) is 0 Å². The standard InChI is InChI=1S/C16H11N3O5/c1-9-13(14-15(21)17-8-18-16(14)24-9)12(20)7-4-10-2-5-11(6-3-10)19(22)23/h2-8H,1H3,(H,17,18,21)/b7-4+. The van der Waals surface area contributed by atoms with Crippen molar-refractivity contribution in [3.63, 3.8) is 0 Å². The monoisotopic (exact) mass is 325 g/mol. The normalized spacial score (nSPS) is 11.2. The summed E-state index contributed by atoms with van der Waals surface area (Å²) in [5.74, 6) is -0.115. The third-order valence-corrected chi connectivity index (χ3v) is 3.45. The third kappa shape index (κ3) is 2.72. The number of H-pyrrole nitrogens is 1. The summed E-state index contributed by atoms with van der Waals surface area (Å²) >= 11 is 0. The number of hydrogen-bond donors (Lipinski definition) is 1. The Kier molecular flexibility index (Phi) is 3.78. The molecule has 0 spiro atoms. The molecule has 0 radical (unpaired) electrons. The number of aromatic amines is 1. The first kappa shape index (κ1) is 15.3. The van der Waals surface area contributed by atoms with E-state index in [4.69, 9.17) is 4.42 Å². The van der Waals surface area contributed by atoms with E-state index in [2.05, 4.69) is 9.97 Å². The number of allylic oxidation sites excluding steroid dienone is 1. The molecule has 120 valence electrons. The van der Waals surface area contributed by atoms with Gasteiger partial charge in [0, 0.05) is 12.1 Å². The van der Waals surface area contributed by atoms with E-state index in [-0.39, 0.29) is 22.4 Å². The number of non-ortho nitro benzene ring substituents is 1. The van der Waals surface area contributed by atoms with Crippen LogP contribution in [0.3, 0.4) is 0 Å². The van der Waals surface area contributed by atoms with Crippen LogP contribution in [0.15, 0.2) is 45.9 Å². The van der Waals surface area contributed by atoms with Gasteiger partial charge in [-0.25, -0.2) is 4.98 Å². The van der Waals surface area contributed by atoms with Crippen molar-refractivity contribution in [3.05, 3.63) is 74.0 Å². The van der Waals surface area contributed by atoms with Gasteiger partial charge in [0.25, 0.3) is 11.2 Å². The van der Waals surface area contributed by atoms with E-state index in [1.54, 1.807) is 6.92 Å². The molecule has 0 amide bonds. The zero-order valence-corrected chi connectivity index (χ0v) is 12.5. The van der Waals surface area contributed by atoms with Crippen molar-refractivity contribution in [2.24, 2.45) is 0 Å². The number of nitrogens with one attached hydrogen (secondary N) is 1. The smallest absolute Gasteiger partial charge is 0.269 e. The number of benzene rings is 1. The molecule has 0 unspecified atom stereocenters. The molecular weight excluding hydrogens is 314 g/mol. The summed E-state index contributed by atoms with van der Waals surface area (Å²) in [5, 5.41) is 10.7. The minimum absolute atomic E-state index is 0.0345. The fourth-order valence-electron chi connectivity index (χ4n) is 2.31. The number of aryl methyl sites for hydroxylation is 1. The molecule has 0 aliphatic heterocycles. The van der Waals surface area contributed by atoms with Crippen LogP contribution in [0.5, 0.6) is 0 Å². The zero-order chi connectivity index (χ0) is 17.3. The number of carbonyl (C=O) groups excluding carboxylic acids is 1. The Morgan fingerprint density at radius 2 is 2.04 bits per heavy atom. The summed E-state index contributed by atoms with van der Waals surface area (Å²) < 4.78 is 5.33. The molecule has 0 atom stereocenters. The van der Waals surface area contributed by atoms with Gasteiger partial charge in [-0.1, -0.05) is 6.08 Å². The quantitative estimate of drug-likeness (QED) is 0.341. The minimum atomic E-state index is -0.501. The number of furan rings is 1. The Morgan fingerprint density at radius 1 is 1.33 bits per heavy atom. The summed E-state index contributed by atoms with van der Waals surface area (Å²) in [7, 11) is 0. The van der Waals surface area contributed by atoms with Gasteiger partial charge >= 0.3 is 0 Å². The molecule has 0 bridgehead atoms. The number of hydrogen-bond acceptors (Lipinski definition) is 6. The molecule has 2 aromatic heterocycles. The highest BCUT2D eigenvalue weighted by atomic mass is 16.6. The van der Waals surface area contributed by atoms with Crippen molar-refractivity contribution in [1.29, 1.82) is 0 Å². The van der Waals surface area contributed by atoms with Crippen molar-refractivity contribution >= 4 is 28.6 Å². The Morgan fingerprint density at radius 3 is 2.71 bits per heavy atom. The van der Waals surface area contributed by atoms with Crippen molar-refractivity contribution in [2.75, 3.05) is 0 Å². The highest BCUT2D eigenvalue weighted by Gasteiger charge is 2.19. The second-order valence-corrected chi connectivity index (χ2v) is 4.99. The van der Waals surface area contributed by atoms with Gasteiger partial charge in [-0.3, -0.25) is 19.7 Å². The van der Waals surface area contributed by atoms with Crippen LogP contribution in [0.1, 0.15) is 21.7 Å². The maximum atomic E-state index is 12.4. The highest BCUT2D eigenvalue weighted by Crippen LogP contribution is 2.22. The number of fused-ring (bicyclic) bond motifs is 1. The van der Waals surface area contributed by atoms with Gasteiger partial charge in [0.15, 0.2) is 5.78 Å². The highest BCUT2D eigenvalue weighted by molar-refractivity contribution is 6.14. The van der Waals surface area contributed by atoms with Gasteiger partial charge in [-0.2, -0.15) is 0 Å². The molecule has 24 heavy (non-hydrogen) atoms.